The van der Waals surface area contributed by atoms with Crippen LogP contribution < -0.4 is 31.3 Å². The molecule has 2 aromatic carbocycles. The molecule has 0 radical (unpaired) electrons. The highest BCUT2D eigenvalue weighted by Crippen LogP contribution is 2.34. The maximum absolute atomic E-state index is 12.0. The highest BCUT2D eigenvalue weighted by molar-refractivity contribution is 5.90. The van der Waals surface area contributed by atoms with Gasteiger partial charge < -0.3 is 19.1 Å². The molecular weight excluding hydrogens is 522 g/mol. The number of anilines is 2. The number of morpholine rings is 1. The topological polar surface area (TPSA) is 103 Å². The fourth-order valence-corrected chi connectivity index (χ4v) is 5.85. The quantitative estimate of drug-likeness (QED) is 0.357. The Bertz CT molecular complexity index is 1300. The summed E-state index contributed by atoms with van der Waals surface area (Å²) in [4.78, 5) is 14.3. The number of fused-ring (bicyclic) bond motifs is 1. The van der Waals surface area contributed by atoms with Crippen LogP contribution in [0.3, 0.4) is 0 Å². The third kappa shape index (κ3) is 5.86. The predicted molar refractivity (Wildman–Crippen MR) is 157 cm³/mol. The van der Waals surface area contributed by atoms with Crippen molar-refractivity contribution >= 4 is 23.0 Å². The van der Waals surface area contributed by atoms with Gasteiger partial charge in [0.2, 0.25) is 0 Å². The number of benzene rings is 2. The SMILES string of the molecule is COC(=O)c1ccc(C2=C3C(=CN(Nc4ccc(N5CCOCC5)cc4OC)CN3NC3CCCCC3)NN2)cc1. The van der Waals surface area contributed by atoms with Gasteiger partial charge in [-0.15, -0.1) is 0 Å². The zero-order valence-electron chi connectivity index (χ0n) is 23.7. The molecular formula is C30H39N7O4. The van der Waals surface area contributed by atoms with E-state index in [2.05, 4.69) is 61.0 Å². The molecule has 11 heteroatoms. The Morgan fingerprint density at radius 3 is 2.51 bits per heavy atom. The minimum Gasteiger partial charge on any atom is -0.494 e. The van der Waals surface area contributed by atoms with E-state index in [1.807, 2.05) is 12.1 Å². The Morgan fingerprint density at radius 1 is 1.00 bits per heavy atom. The van der Waals surface area contributed by atoms with E-state index in [4.69, 9.17) is 14.2 Å². The van der Waals surface area contributed by atoms with Gasteiger partial charge in [-0.1, -0.05) is 31.4 Å². The summed E-state index contributed by atoms with van der Waals surface area (Å²) in [5.41, 5.74) is 20.5. The van der Waals surface area contributed by atoms with Gasteiger partial charge in [-0.25, -0.2) is 10.2 Å². The van der Waals surface area contributed by atoms with Gasteiger partial charge in [0.05, 0.1) is 56.3 Å². The van der Waals surface area contributed by atoms with Crippen molar-refractivity contribution in [2.45, 2.75) is 38.1 Å². The number of carbonyl (C=O) groups is 1. The van der Waals surface area contributed by atoms with Gasteiger partial charge >= 0.3 is 5.97 Å². The van der Waals surface area contributed by atoms with Crippen molar-refractivity contribution in [2.75, 3.05) is 57.5 Å². The molecule has 1 saturated carbocycles. The molecule has 4 aliphatic rings. The fourth-order valence-electron chi connectivity index (χ4n) is 5.85. The van der Waals surface area contributed by atoms with Gasteiger partial charge in [0.1, 0.15) is 18.1 Å². The molecule has 0 unspecified atom stereocenters. The first-order valence-electron chi connectivity index (χ1n) is 14.4. The minimum atomic E-state index is -0.347. The van der Waals surface area contributed by atoms with Gasteiger partial charge in [0.15, 0.2) is 0 Å². The van der Waals surface area contributed by atoms with Crippen LogP contribution in [-0.2, 0) is 9.47 Å². The van der Waals surface area contributed by atoms with Crippen LogP contribution in [0.15, 0.2) is 60.1 Å². The number of hydrogen-bond acceptors (Lipinski definition) is 11. The largest absolute Gasteiger partial charge is 0.494 e. The Morgan fingerprint density at radius 2 is 1.78 bits per heavy atom. The molecule has 0 amide bonds. The lowest BCUT2D eigenvalue weighted by molar-refractivity contribution is 0.0600. The number of nitrogens with one attached hydrogen (secondary N) is 4. The molecule has 11 nitrogen and oxygen atoms in total. The van der Waals surface area contributed by atoms with Gasteiger partial charge in [0.25, 0.3) is 0 Å². The Hall–Kier alpha value is -4.09. The number of nitrogens with zero attached hydrogens (tertiary/aromatic N) is 3. The summed E-state index contributed by atoms with van der Waals surface area (Å²) in [6, 6.07) is 14.2. The molecule has 2 aromatic rings. The van der Waals surface area contributed by atoms with E-state index in [0.29, 0.717) is 18.3 Å². The number of rotatable bonds is 8. The minimum absolute atomic E-state index is 0.347. The number of esters is 1. The van der Waals surface area contributed by atoms with Crippen LogP contribution in [0.4, 0.5) is 11.4 Å². The number of carbonyl (C=O) groups excluding carboxylic acids is 1. The Labute approximate surface area is 241 Å². The maximum atomic E-state index is 12.0. The summed E-state index contributed by atoms with van der Waals surface area (Å²) < 4.78 is 16.2. The number of methoxy groups -OCH3 is 2. The van der Waals surface area contributed by atoms with Crippen LogP contribution in [-0.4, -0.2) is 69.2 Å². The van der Waals surface area contributed by atoms with Gasteiger partial charge in [-0.05, 0) is 37.1 Å². The number of hydrogen-bond donors (Lipinski definition) is 4. The highest BCUT2D eigenvalue weighted by atomic mass is 16.5. The van der Waals surface area contributed by atoms with Crippen molar-refractivity contribution in [3.05, 3.63) is 71.2 Å². The lowest BCUT2D eigenvalue weighted by atomic mass is 9.96. The van der Waals surface area contributed by atoms with E-state index >= 15 is 0 Å². The number of hydrazine groups is 3. The smallest absolute Gasteiger partial charge is 0.337 e. The van der Waals surface area contributed by atoms with Gasteiger partial charge in [-0.3, -0.25) is 26.3 Å². The van der Waals surface area contributed by atoms with Crippen molar-refractivity contribution < 1.29 is 19.0 Å². The molecule has 3 heterocycles. The van der Waals surface area contributed by atoms with E-state index in [1.54, 1.807) is 19.2 Å². The summed E-state index contributed by atoms with van der Waals surface area (Å²) in [5, 5.41) is 4.27. The predicted octanol–water partition coefficient (Wildman–Crippen LogP) is 3.38. The Balaban J connectivity index is 1.27. The van der Waals surface area contributed by atoms with Gasteiger partial charge in [-0.2, -0.15) is 0 Å². The molecule has 6 rings (SSSR count). The van der Waals surface area contributed by atoms with Crippen molar-refractivity contribution in [3.63, 3.8) is 0 Å². The van der Waals surface area contributed by atoms with Crippen LogP contribution >= 0.6 is 0 Å². The molecule has 4 N–H and O–H groups in total. The first kappa shape index (κ1) is 27.1. The summed E-state index contributed by atoms with van der Waals surface area (Å²) >= 11 is 0. The first-order chi connectivity index (χ1) is 20.1. The summed E-state index contributed by atoms with van der Waals surface area (Å²) in [6.07, 6.45) is 8.13. The number of ether oxygens (including phenoxy) is 3. The third-order valence-electron chi connectivity index (χ3n) is 8.03. The summed E-state index contributed by atoms with van der Waals surface area (Å²) in [7, 11) is 3.10. The monoisotopic (exact) mass is 561 g/mol. The van der Waals surface area contributed by atoms with E-state index in [1.165, 1.54) is 26.4 Å². The Kier molecular flexibility index (Phi) is 8.06. The molecule has 0 atom stereocenters. The van der Waals surface area contributed by atoms with E-state index in [0.717, 1.165) is 78.9 Å². The van der Waals surface area contributed by atoms with Crippen molar-refractivity contribution in [3.8, 4) is 5.75 Å². The normalized spacial score (nSPS) is 19.3. The van der Waals surface area contributed by atoms with Gasteiger partial charge in [0, 0.05) is 36.4 Å². The van der Waals surface area contributed by atoms with E-state index < -0.39 is 0 Å². The van der Waals surface area contributed by atoms with Crippen LogP contribution in [0.1, 0.15) is 48.0 Å². The molecule has 3 aliphatic heterocycles. The molecule has 0 bridgehead atoms. The van der Waals surface area contributed by atoms with Crippen molar-refractivity contribution in [1.29, 1.82) is 0 Å². The second kappa shape index (κ2) is 12.2. The molecule has 2 fully saturated rings. The fraction of sp³-hybridized carbons (Fsp3) is 0.433. The molecule has 218 valence electrons. The average Bonchev–Trinajstić information content (AvgIpc) is 3.46. The first-order valence-corrected chi connectivity index (χ1v) is 14.4. The maximum Gasteiger partial charge on any atom is 0.337 e. The standard InChI is InChI=1S/C30H39N7O4/c1-39-27-18-24(35-14-16-41-17-15-35)12-13-25(27)34-36-19-26-29(37(20-36)33-23-6-4-3-5-7-23)28(32-31-26)21-8-10-22(11-9-21)30(38)40-2/h8-13,18-19,23,31-34H,3-7,14-17,20H2,1-2H3. The van der Waals surface area contributed by atoms with Crippen LogP contribution in [0.5, 0.6) is 5.75 Å². The molecule has 1 aliphatic carbocycles. The second-order valence-electron chi connectivity index (χ2n) is 10.7. The summed E-state index contributed by atoms with van der Waals surface area (Å²) in [5.74, 6) is 0.435. The summed E-state index contributed by atoms with van der Waals surface area (Å²) in [6.45, 7) is 3.79. The van der Waals surface area contributed by atoms with Crippen LogP contribution in [0.2, 0.25) is 0 Å². The van der Waals surface area contributed by atoms with E-state index in [9.17, 15) is 4.79 Å². The lowest BCUT2D eigenvalue weighted by Crippen LogP contribution is -2.52. The average molecular weight is 562 g/mol. The highest BCUT2D eigenvalue weighted by Gasteiger charge is 2.33. The lowest BCUT2D eigenvalue weighted by Gasteiger charge is -2.40. The van der Waals surface area contributed by atoms with Crippen molar-refractivity contribution in [2.24, 2.45) is 0 Å². The van der Waals surface area contributed by atoms with Crippen LogP contribution in [0.25, 0.3) is 5.70 Å². The third-order valence-corrected chi connectivity index (χ3v) is 8.03. The molecule has 0 aromatic heterocycles. The molecule has 41 heavy (non-hydrogen) atoms. The molecule has 1 saturated heterocycles. The second-order valence-corrected chi connectivity index (χ2v) is 10.7. The van der Waals surface area contributed by atoms with Crippen molar-refractivity contribution in [1.82, 2.24) is 26.3 Å². The molecule has 0 spiro atoms. The van der Waals surface area contributed by atoms with Crippen LogP contribution in [0, 0.1) is 0 Å². The zero-order chi connectivity index (χ0) is 28.2. The van der Waals surface area contributed by atoms with E-state index in [-0.39, 0.29) is 5.97 Å². The zero-order valence-corrected chi connectivity index (χ0v) is 23.7.